The maximum Gasteiger partial charge on any atom is 0.325 e. The Morgan fingerprint density at radius 3 is 2.15 bits per heavy atom. The summed E-state index contributed by atoms with van der Waals surface area (Å²) in [5.41, 5.74) is 0.642. The molecule has 0 aliphatic rings. The summed E-state index contributed by atoms with van der Waals surface area (Å²) in [6.45, 7) is 6.35. The lowest BCUT2D eigenvalue weighted by Crippen LogP contribution is -2.57. The number of aliphatic carboxylic acids is 1. The molecule has 0 heterocycles. The van der Waals surface area contributed by atoms with Crippen molar-refractivity contribution in [3.63, 3.8) is 0 Å². The van der Waals surface area contributed by atoms with Crippen LogP contribution in [0.4, 0.5) is 0 Å². The summed E-state index contributed by atoms with van der Waals surface area (Å²) in [6.07, 6.45) is 0.203. The molecule has 178 valence electrons. The minimum Gasteiger partial charge on any atom is -0.480 e. The van der Waals surface area contributed by atoms with Crippen molar-refractivity contribution in [2.75, 3.05) is 0 Å². The molecule has 0 radical (unpaired) electrons. The van der Waals surface area contributed by atoms with Crippen LogP contribution in [-0.2, 0) is 25.6 Å². The monoisotopic (exact) mass is 457 g/mol. The first-order valence-electron chi connectivity index (χ1n) is 10.7. The van der Waals surface area contributed by atoms with Crippen molar-refractivity contribution in [3.05, 3.63) is 48.0 Å². The van der Waals surface area contributed by atoms with Gasteiger partial charge in [-0.05, 0) is 42.5 Å². The molecule has 2 aromatic rings. The van der Waals surface area contributed by atoms with Crippen LogP contribution in [-0.4, -0.2) is 46.1 Å². The number of benzene rings is 2. The maximum absolute atomic E-state index is 13.2. The predicted octanol–water partition coefficient (Wildman–Crippen LogP) is 2.01. The maximum atomic E-state index is 13.2. The summed E-state index contributed by atoms with van der Waals surface area (Å²) in [6, 6.07) is 11.0. The van der Waals surface area contributed by atoms with Crippen molar-refractivity contribution in [3.8, 4) is 0 Å². The summed E-state index contributed by atoms with van der Waals surface area (Å²) < 4.78 is 0. The predicted molar refractivity (Wildman–Crippen MR) is 122 cm³/mol. The van der Waals surface area contributed by atoms with Gasteiger partial charge in [0.2, 0.25) is 11.8 Å². The lowest BCUT2D eigenvalue weighted by molar-refractivity contribution is -0.150. The van der Waals surface area contributed by atoms with E-state index >= 15 is 0 Å². The highest BCUT2D eigenvalue weighted by Crippen LogP contribution is 2.27. The van der Waals surface area contributed by atoms with Gasteiger partial charge in [-0.2, -0.15) is 0 Å². The second-order valence-electron chi connectivity index (χ2n) is 8.85. The number of amides is 3. The topological polar surface area (TPSA) is 145 Å². The normalized spacial score (nSPS) is 14.7. The minimum atomic E-state index is -1.64. The van der Waals surface area contributed by atoms with E-state index in [9.17, 15) is 19.2 Å². The summed E-state index contributed by atoms with van der Waals surface area (Å²) in [5, 5.41) is 25.3. The van der Waals surface area contributed by atoms with Crippen molar-refractivity contribution in [1.29, 1.82) is 0 Å². The van der Waals surface area contributed by atoms with Gasteiger partial charge in [-0.3, -0.25) is 24.4 Å². The molecule has 2 aromatic carbocycles. The van der Waals surface area contributed by atoms with Crippen molar-refractivity contribution < 1.29 is 29.5 Å². The Morgan fingerprint density at radius 1 is 0.939 bits per heavy atom. The van der Waals surface area contributed by atoms with Gasteiger partial charge in [-0.1, -0.05) is 56.3 Å². The molecule has 0 aliphatic carbocycles. The zero-order valence-electron chi connectivity index (χ0n) is 19.2. The fourth-order valence-electron chi connectivity index (χ4n) is 3.73. The first kappa shape index (κ1) is 25.8. The van der Waals surface area contributed by atoms with Crippen molar-refractivity contribution in [1.82, 2.24) is 16.1 Å². The first-order valence-corrected chi connectivity index (χ1v) is 10.7. The number of fused-ring (bicyclic) bond motifs is 1. The summed E-state index contributed by atoms with van der Waals surface area (Å²) in [4.78, 5) is 49.6. The van der Waals surface area contributed by atoms with Crippen LogP contribution in [0.15, 0.2) is 42.5 Å². The number of rotatable bonds is 10. The van der Waals surface area contributed by atoms with E-state index in [1.54, 1.807) is 0 Å². The Labute approximate surface area is 192 Å². The molecule has 1 unspecified atom stereocenters. The third-order valence-corrected chi connectivity index (χ3v) is 5.53. The summed E-state index contributed by atoms with van der Waals surface area (Å²) >= 11 is 0. The Hall–Kier alpha value is -3.46. The lowest BCUT2D eigenvalue weighted by atomic mass is 9.80. The van der Waals surface area contributed by atoms with E-state index in [0.29, 0.717) is 0 Å². The van der Waals surface area contributed by atoms with E-state index in [1.165, 1.54) is 19.3 Å². The van der Waals surface area contributed by atoms with Gasteiger partial charge in [0.25, 0.3) is 5.91 Å². The third kappa shape index (κ3) is 6.52. The molecule has 9 heteroatoms. The third-order valence-electron chi connectivity index (χ3n) is 5.53. The molecular formula is C24H31N3O6. The minimum absolute atomic E-state index is 0.0575. The number of carbonyl (C=O) groups excluding carboxylic acids is 3. The quantitative estimate of drug-likeness (QED) is 0.210. The highest BCUT2D eigenvalue weighted by Gasteiger charge is 2.43. The number of hydrogen-bond donors (Lipinski definition) is 5. The van der Waals surface area contributed by atoms with Crippen LogP contribution in [0.1, 0.15) is 39.7 Å². The molecule has 0 saturated carbocycles. The van der Waals surface area contributed by atoms with Crippen LogP contribution < -0.4 is 16.1 Å². The van der Waals surface area contributed by atoms with Gasteiger partial charge >= 0.3 is 5.97 Å². The van der Waals surface area contributed by atoms with E-state index in [-0.39, 0.29) is 18.8 Å². The molecule has 0 saturated heterocycles. The number of carbonyl (C=O) groups is 4. The van der Waals surface area contributed by atoms with Gasteiger partial charge < -0.3 is 15.7 Å². The van der Waals surface area contributed by atoms with Crippen molar-refractivity contribution >= 4 is 34.5 Å². The van der Waals surface area contributed by atoms with Crippen LogP contribution in [0.5, 0.6) is 0 Å². The van der Waals surface area contributed by atoms with Crippen LogP contribution in [0.3, 0.4) is 0 Å². The molecule has 0 spiro atoms. The molecule has 3 amide bonds. The lowest BCUT2D eigenvalue weighted by Gasteiger charge is -2.30. The molecule has 0 fully saturated rings. The SMILES string of the molecule is CC(C)CC(C)(C(=O)NO)C(=O)N[C@@H](Cc1ccc2ccccc2c1)C(=O)N[C@@H](C)C(=O)O. The van der Waals surface area contributed by atoms with Gasteiger partial charge in [0.05, 0.1) is 0 Å². The Balaban J connectivity index is 2.36. The zero-order valence-corrected chi connectivity index (χ0v) is 19.2. The molecule has 3 atom stereocenters. The van der Waals surface area contributed by atoms with Crippen molar-refractivity contribution in [2.45, 2.75) is 52.6 Å². The van der Waals surface area contributed by atoms with Crippen LogP contribution >= 0.6 is 0 Å². The van der Waals surface area contributed by atoms with Gasteiger partial charge in [-0.25, -0.2) is 5.48 Å². The largest absolute Gasteiger partial charge is 0.480 e. The number of carboxylic acids is 1. The van der Waals surface area contributed by atoms with Crippen LogP contribution in [0.2, 0.25) is 0 Å². The molecule has 0 bridgehead atoms. The van der Waals surface area contributed by atoms with Crippen LogP contribution in [0.25, 0.3) is 10.8 Å². The molecular weight excluding hydrogens is 426 g/mol. The number of hydrogen-bond acceptors (Lipinski definition) is 5. The second kappa shape index (κ2) is 10.9. The Kier molecular flexibility index (Phi) is 8.53. The average molecular weight is 458 g/mol. The van der Waals surface area contributed by atoms with E-state index in [0.717, 1.165) is 16.3 Å². The molecule has 0 aliphatic heterocycles. The fraction of sp³-hybridized carbons (Fsp3) is 0.417. The van der Waals surface area contributed by atoms with Crippen molar-refractivity contribution in [2.24, 2.45) is 11.3 Å². The van der Waals surface area contributed by atoms with Gasteiger partial charge in [0, 0.05) is 6.42 Å². The molecule has 5 N–H and O–H groups in total. The molecule has 2 rings (SSSR count). The van der Waals surface area contributed by atoms with E-state index in [2.05, 4.69) is 10.6 Å². The zero-order chi connectivity index (χ0) is 24.8. The fourth-order valence-corrected chi connectivity index (χ4v) is 3.73. The number of hydroxylamine groups is 1. The van der Waals surface area contributed by atoms with Gasteiger partial charge in [-0.15, -0.1) is 0 Å². The summed E-state index contributed by atoms with van der Waals surface area (Å²) in [7, 11) is 0. The Bertz CT molecular complexity index is 1040. The van der Waals surface area contributed by atoms with E-state index < -0.39 is 41.2 Å². The average Bonchev–Trinajstić information content (AvgIpc) is 2.77. The smallest absolute Gasteiger partial charge is 0.325 e. The Morgan fingerprint density at radius 2 is 1.58 bits per heavy atom. The van der Waals surface area contributed by atoms with Gasteiger partial charge in [0.1, 0.15) is 17.5 Å². The molecule has 33 heavy (non-hydrogen) atoms. The summed E-state index contributed by atoms with van der Waals surface area (Å²) in [5.74, 6) is -3.60. The van der Waals surface area contributed by atoms with E-state index in [4.69, 9.17) is 10.3 Å². The molecule has 9 nitrogen and oxygen atoms in total. The van der Waals surface area contributed by atoms with Gasteiger partial charge in [0.15, 0.2) is 0 Å². The highest BCUT2D eigenvalue weighted by molar-refractivity contribution is 6.05. The number of nitrogens with one attached hydrogen (secondary N) is 3. The standard InChI is InChI=1S/C24H31N3O6/c1-14(2)13-24(4,23(32)27-33)22(31)26-19(20(28)25-15(3)21(29)30)12-16-9-10-17-7-5-6-8-18(17)11-16/h5-11,14-15,19,33H,12-13H2,1-4H3,(H,25,28)(H,26,31)(H,27,32)(H,29,30)/t15-,19-,24?/m0/s1. The number of carboxylic acid groups (broad SMARTS) is 1. The molecule has 0 aromatic heterocycles. The van der Waals surface area contributed by atoms with Crippen LogP contribution in [0, 0.1) is 11.3 Å². The second-order valence-corrected chi connectivity index (χ2v) is 8.85. The highest BCUT2D eigenvalue weighted by atomic mass is 16.5. The first-order chi connectivity index (χ1) is 15.5. The van der Waals surface area contributed by atoms with E-state index in [1.807, 2.05) is 56.3 Å².